The zero-order chi connectivity index (χ0) is 13.7. The van der Waals surface area contributed by atoms with E-state index in [2.05, 4.69) is 10.2 Å². The van der Waals surface area contributed by atoms with Crippen LogP contribution in [-0.4, -0.2) is 30.3 Å². The third kappa shape index (κ3) is 3.11. The van der Waals surface area contributed by atoms with Crippen molar-refractivity contribution in [1.82, 2.24) is 5.43 Å². The Kier molecular flexibility index (Phi) is 4.08. The average molecular weight is 253 g/mol. The first-order chi connectivity index (χ1) is 8.45. The van der Waals surface area contributed by atoms with Crippen molar-refractivity contribution in [3.05, 3.63) is 29.8 Å². The van der Waals surface area contributed by atoms with Gasteiger partial charge in [-0.25, -0.2) is 24.8 Å². The molecule has 1 aromatic carbocycles. The molecule has 1 aromatic rings. The van der Waals surface area contributed by atoms with Crippen molar-refractivity contribution in [2.45, 2.75) is 0 Å². The number of carboxylic acids is 1. The summed E-state index contributed by atoms with van der Waals surface area (Å²) in [6.07, 6.45) is -0.879. The number of nitrogens with one attached hydrogen (secondary N) is 1. The van der Waals surface area contributed by atoms with Crippen LogP contribution in [0.1, 0.15) is 10.4 Å². The van der Waals surface area contributed by atoms with Gasteiger partial charge in [0.15, 0.2) is 0 Å². The number of carbonyl (C=O) groups excluding carboxylic acids is 2. The largest absolute Gasteiger partial charge is 0.478 e. The van der Waals surface area contributed by atoms with E-state index in [1.54, 1.807) is 0 Å². The summed E-state index contributed by atoms with van der Waals surface area (Å²) in [5.74, 6) is -1.10. The van der Waals surface area contributed by atoms with Gasteiger partial charge in [-0.05, 0) is 24.3 Å². The minimum atomic E-state index is -1.10. The summed E-state index contributed by atoms with van der Waals surface area (Å²) in [6.45, 7) is 0. The highest BCUT2D eigenvalue weighted by Crippen LogP contribution is 2.13. The maximum absolute atomic E-state index is 11.1. The highest BCUT2D eigenvalue weighted by Gasteiger charge is 2.16. The quantitative estimate of drug-likeness (QED) is 0.664. The monoisotopic (exact) mass is 253 g/mol. The molecule has 0 saturated carbocycles. The first-order valence-corrected chi connectivity index (χ1v) is 4.73. The van der Waals surface area contributed by atoms with Gasteiger partial charge in [0, 0.05) is 0 Å². The van der Waals surface area contributed by atoms with Crippen molar-refractivity contribution in [2.24, 2.45) is 5.73 Å². The van der Waals surface area contributed by atoms with Crippen molar-refractivity contribution in [1.29, 1.82) is 0 Å². The Bertz CT molecular complexity index is 471. The van der Waals surface area contributed by atoms with E-state index in [-0.39, 0.29) is 11.3 Å². The van der Waals surface area contributed by atoms with Crippen molar-refractivity contribution in [3.63, 3.8) is 0 Å². The Morgan fingerprint density at radius 2 is 1.83 bits per heavy atom. The number of hydrogen-bond donors (Lipinski definition) is 3. The van der Waals surface area contributed by atoms with Gasteiger partial charge in [-0.3, -0.25) is 0 Å². The van der Waals surface area contributed by atoms with Crippen molar-refractivity contribution in [3.8, 4) is 0 Å². The maximum atomic E-state index is 11.1. The smallest absolute Gasteiger partial charge is 0.426 e. The van der Waals surface area contributed by atoms with E-state index in [9.17, 15) is 14.4 Å². The second kappa shape index (κ2) is 5.53. The summed E-state index contributed by atoms with van der Waals surface area (Å²) in [7, 11) is 1.13. The van der Waals surface area contributed by atoms with E-state index in [1.165, 1.54) is 24.3 Å². The van der Waals surface area contributed by atoms with Gasteiger partial charge in [0.05, 0.1) is 18.4 Å². The molecule has 8 heteroatoms. The first kappa shape index (κ1) is 13.3. The molecule has 0 unspecified atom stereocenters. The molecule has 0 atom stereocenters. The minimum absolute atomic E-state index is 0.0428. The predicted molar refractivity (Wildman–Crippen MR) is 61.0 cm³/mol. The van der Waals surface area contributed by atoms with E-state index in [1.807, 2.05) is 0 Å². The third-order valence-corrected chi connectivity index (χ3v) is 1.98. The molecule has 0 aliphatic carbocycles. The van der Waals surface area contributed by atoms with E-state index >= 15 is 0 Å². The Morgan fingerprint density at radius 3 is 2.22 bits per heavy atom. The lowest BCUT2D eigenvalue weighted by molar-refractivity contribution is 0.0697. The number of aromatic carboxylic acids is 1. The lowest BCUT2D eigenvalue weighted by Crippen LogP contribution is -2.49. The number of hydrogen-bond acceptors (Lipinski definition) is 4. The number of carboxylic acid groups (broad SMARTS) is 1. The van der Waals surface area contributed by atoms with Crippen LogP contribution in [0.15, 0.2) is 24.3 Å². The summed E-state index contributed by atoms with van der Waals surface area (Å²) in [4.78, 5) is 32.8. The molecule has 1 rings (SSSR count). The fourth-order valence-electron chi connectivity index (χ4n) is 1.14. The van der Waals surface area contributed by atoms with E-state index in [0.29, 0.717) is 0 Å². The normalized spacial score (nSPS) is 9.39. The topological polar surface area (TPSA) is 122 Å². The molecule has 0 aromatic heterocycles. The highest BCUT2D eigenvalue weighted by molar-refractivity contribution is 5.94. The van der Waals surface area contributed by atoms with Gasteiger partial charge in [0.25, 0.3) is 0 Å². The summed E-state index contributed by atoms with van der Waals surface area (Å²) < 4.78 is 4.32. The fourth-order valence-corrected chi connectivity index (χ4v) is 1.14. The summed E-state index contributed by atoms with van der Waals surface area (Å²) in [5, 5.41) is 9.45. The number of amides is 3. The summed E-state index contributed by atoms with van der Waals surface area (Å²) >= 11 is 0. The number of benzene rings is 1. The molecule has 0 saturated heterocycles. The average Bonchev–Trinajstić information content (AvgIpc) is 2.35. The molecule has 0 aliphatic heterocycles. The second-order valence-electron chi connectivity index (χ2n) is 3.13. The first-order valence-electron chi connectivity index (χ1n) is 4.73. The minimum Gasteiger partial charge on any atom is -0.478 e. The molecule has 0 aliphatic rings. The van der Waals surface area contributed by atoms with Crippen molar-refractivity contribution >= 4 is 23.8 Å². The van der Waals surface area contributed by atoms with Crippen LogP contribution >= 0.6 is 0 Å². The lowest BCUT2D eigenvalue weighted by Gasteiger charge is -2.20. The van der Waals surface area contributed by atoms with Crippen LogP contribution < -0.4 is 16.2 Å². The van der Waals surface area contributed by atoms with Crippen LogP contribution in [0.25, 0.3) is 0 Å². The highest BCUT2D eigenvalue weighted by atomic mass is 16.5. The zero-order valence-electron chi connectivity index (χ0n) is 9.41. The maximum Gasteiger partial charge on any atom is 0.426 e. The van der Waals surface area contributed by atoms with Crippen LogP contribution in [0.2, 0.25) is 0 Å². The van der Waals surface area contributed by atoms with Crippen LogP contribution in [0.3, 0.4) is 0 Å². The van der Waals surface area contributed by atoms with Crippen LogP contribution in [0.5, 0.6) is 0 Å². The standard InChI is InChI=1S/C10H11N3O5/c1-18-10(17)12-13(9(11)16)7-4-2-6(3-5-7)8(14)15/h2-5H,1H3,(H2,11,16)(H,12,17)(H,14,15). The van der Waals surface area contributed by atoms with Crippen LogP contribution in [-0.2, 0) is 4.74 Å². The Morgan fingerprint density at radius 1 is 1.28 bits per heavy atom. The van der Waals surface area contributed by atoms with Crippen molar-refractivity contribution in [2.75, 3.05) is 12.1 Å². The van der Waals surface area contributed by atoms with E-state index in [0.717, 1.165) is 12.1 Å². The van der Waals surface area contributed by atoms with Gasteiger partial charge in [-0.2, -0.15) is 0 Å². The van der Waals surface area contributed by atoms with Gasteiger partial charge in [0.2, 0.25) is 0 Å². The number of carbonyl (C=O) groups is 3. The summed E-state index contributed by atoms with van der Waals surface area (Å²) in [5.41, 5.74) is 7.40. The Labute approximate surface area is 102 Å². The van der Waals surface area contributed by atoms with Crippen LogP contribution in [0, 0.1) is 0 Å². The van der Waals surface area contributed by atoms with Gasteiger partial charge in [-0.15, -0.1) is 0 Å². The van der Waals surface area contributed by atoms with Crippen molar-refractivity contribution < 1.29 is 24.2 Å². The van der Waals surface area contributed by atoms with Gasteiger partial charge in [0.1, 0.15) is 0 Å². The SMILES string of the molecule is COC(=O)NN(C(N)=O)c1ccc(C(=O)O)cc1. The second-order valence-corrected chi connectivity index (χ2v) is 3.13. The number of hydrazine groups is 1. The number of anilines is 1. The lowest BCUT2D eigenvalue weighted by atomic mass is 10.2. The number of methoxy groups -OCH3 is 1. The third-order valence-electron chi connectivity index (χ3n) is 1.98. The molecule has 18 heavy (non-hydrogen) atoms. The van der Waals surface area contributed by atoms with Gasteiger partial charge >= 0.3 is 18.1 Å². The zero-order valence-corrected chi connectivity index (χ0v) is 9.41. The molecule has 3 amide bonds. The molecule has 8 nitrogen and oxygen atoms in total. The molecule has 0 bridgehead atoms. The molecule has 96 valence electrons. The number of primary amides is 1. The molecule has 0 heterocycles. The molecule has 4 N–H and O–H groups in total. The van der Waals surface area contributed by atoms with Crippen LogP contribution in [0.4, 0.5) is 15.3 Å². The number of nitrogens with two attached hydrogens (primary N) is 1. The molecule has 0 spiro atoms. The molecular weight excluding hydrogens is 242 g/mol. The van der Waals surface area contributed by atoms with Gasteiger partial charge < -0.3 is 15.6 Å². The Balaban J connectivity index is 2.96. The number of nitrogens with zero attached hydrogens (tertiary/aromatic N) is 1. The fraction of sp³-hybridized carbons (Fsp3) is 0.100. The Hall–Kier alpha value is -2.77. The number of urea groups is 1. The molecule has 0 radical (unpaired) electrons. The number of rotatable bonds is 2. The molecule has 0 fully saturated rings. The van der Waals surface area contributed by atoms with Gasteiger partial charge in [-0.1, -0.05) is 0 Å². The van der Waals surface area contributed by atoms with E-state index < -0.39 is 18.1 Å². The predicted octanol–water partition coefficient (Wildman–Crippen LogP) is 0.541. The molecular formula is C10H11N3O5. The number of ether oxygens (including phenoxy) is 1. The van der Waals surface area contributed by atoms with E-state index in [4.69, 9.17) is 10.8 Å². The summed E-state index contributed by atoms with van der Waals surface area (Å²) in [6, 6.07) is 4.25.